The van der Waals surface area contributed by atoms with Gasteiger partial charge in [-0.2, -0.15) is 0 Å². The molecule has 6 nitrogen and oxygen atoms in total. The molecule has 1 amide bonds. The van der Waals surface area contributed by atoms with Gasteiger partial charge in [0.25, 0.3) is 11.5 Å². The second kappa shape index (κ2) is 8.60. The topological polar surface area (TPSA) is 68.1 Å². The van der Waals surface area contributed by atoms with Gasteiger partial charge in [0.15, 0.2) is 5.13 Å². The molecule has 0 radical (unpaired) electrons. The molecule has 7 heteroatoms. The molecule has 0 atom stereocenters. The lowest BCUT2D eigenvalue weighted by molar-refractivity contribution is -0.118. The van der Waals surface area contributed by atoms with Crippen LogP contribution < -0.4 is 10.5 Å². The van der Waals surface area contributed by atoms with Crippen LogP contribution in [0.1, 0.15) is 18.1 Å². The number of fused-ring (bicyclic) bond motifs is 2. The van der Waals surface area contributed by atoms with Gasteiger partial charge in [-0.05, 0) is 54.8 Å². The quantitative estimate of drug-likeness (QED) is 0.364. The molecule has 0 aliphatic carbocycles. The van der Waals surface area contributed by atoms with Crippen molar-refractivity contribution in [1.29, 1.82) is 0 Å². The van der Waals surface area contributed by atoms with Crippen LogP contribution in [0.15, 0.2) is 77.9 Å². The van der Waals surface area contributed by atoms with Gasteiger partial charge in [0.2, 0.25) is 0 Å². The second-order valence-electron chi connectivity index (χ2n) is 7.86. The maximum absolute atomic E-state index is 13.6. The third-order valence-electron chi connectivity index (χ3n) is 5.69. The zero-order chi connectivity index (χ0) is 22.9. The number of hydrogen-bond acceptors (Lipinski definition) is 5. The van der Waals surface area contributed by atoms with Crippen LogP contribution >= 0.6 is 11.3 Å². The van der Waals surface area contributed by atoms with Gasteiger partial charge in [0, 0.05) is 0 Å². The Balaban J connectivity index is 1.57. The highest BCUT2D eigenvalue weighted by Gasteiger charge is 2.23. The summed E-state index contributed by atoms with van der Waals surface area (Å²) in [5.74, 6) is -0.255. The number of aryl methyl sites for hydroxylation is 2. The van der Waals surface area contributed by atoms with Crippen LogP contribution in [0.3, 0.4) is 0 Å². The van der Waals surface area contributed by atoms with E-state index < -0.39 is 0 Å². The first-order valence-electron chi connectivity index (χ1n) is 10.8. The van der Waals surface area contributed by atoms with Crippen molar-refractivity contribution in [3.8, 4) is 0 Å². The molecule has 0 spiro atoms. The number of hydrogen-bond donors (Lipinski definition) is 0. The standard InChI is InChI=1S/C26H22N4O2S/c1-3-18-11-13-19(14-12-18)30(26-28-21-9-4-5-10-22(21)33-26)23(31)15-29-16-27-24-17(2)7-6-8-20(24)25(29)32/h4-14,16H,3,15H2,1-2H3. The SMILES string of the molecule is CCc1ccc(N(C(=O)Cn2cnc3c(C)cccc3c2=O)c2nc3ccccc3s2)cc1. The minimum atomic E-state index is -0.255. The second-order valence-corrected chi connectivity index (χ2v) is 8.87. The Kier molecular flexibility index (Phi) is 5.48. The summed E-state index contributed by atoms with van der Waals surface area (Å²) in [6.07, 6.45) is 2.36. The van der Waals surface area contributed by atoms with Gasteiger partial charge in [-0.1, -0.05) is 54.7 Å². The summed E-state index contributed by atoms with van der Waals surface area (Å²) in [6.45, 7) is 3.87. The van der Waals surface area contributed by atoms with Crippen LogP contribution in [0.5, 0.6) is 0 Å². The summed E-state index contributed by atoms with van der Waals surface area (Å²) in [7, 11) is 0. The molecule has 0 aliphatic rings. The average molecular weight is 455 g/mol. The van der Waals surface area contributed by atoms with E-state index in [0.717, 1.165) is 22.2 Å². The molecule has 0 unspecified atom stereocenters. The molecular weight excluding hydrogens is 432 g/mol. The fraction of sp³-hybridized carbons (Fsp3) is 0.154. The van der Waals surface area contributed by atoms with E-state index in [2.05, 4.69) is 11.9 Å². The van der Waals surface area contributed by atoms with Crippen molar-refractivity contribution in [2.24, 2.45) is 0 Å². The smallest absolute Gasteiger partial charge is 0.261 e. The van der Waals surface area contributed by atoms with Gasteiger partial charge in [-0.25, -0.2) is 9.97 Å². The number of carbonyl (C=O) groups excluding carboxylic acids is 1. The van der Waals surface area contributed by atoms with E-state index in [-0.39, 0.29) is 18.0 Å². The number of thiazole rings is 1. The van der Waals surface area contributed by atoms with Gasteiger partial charge in [-0.15, -0.1) is 0 Å². The molecule has 0 fully saturated rings. The van der Waals surface area contributed by atoms with E-state index in [1.54, 1.807) is 11.0 Å². The van der Waals surface area contributed by atoms with E-state index in [1.807, 2.05) is 67.6 Å². The summed E-state index contributed by atoms with van der Waals surface area (Å²) >= 11 is 1.45. The predicted octanol–water partition coefficient (Wildman–Crippen LogP) is 5.24. The van der Waals surface area contributed by atoms with Crippen molar-refractivity contribution in [3.63, 3.8) is 0 Å². The molecule has 2 aromatic heterocycles. The monoisotopic (exact) mass is 454 g/mol. The number of rotatable bonds is 5. The Labute approximate surface area is 194 Å². The third-order valence-corrected chi connectivity index (χ3v) is 6.71. The van der Waals surface area contributed by atoms with Crippen LogP contribution in [0.2, 0.25) is 0 Å². The Bertz CT molecular complexity index is 1500. The summed E-state index contributed by atoms with van der Waals surface area (Å²) in [6, 6.07) is 21.1. The number of carbonyl (C=O) groups is 1. The zero-order valence-electron chi connectivity index (χ0n) is 18.4. The number of aromatic nitrogens is 3. The maximum atomic E-state index is 13.6. The van der Waals surface area contributed by atoms with Crippen molar-refractivity contribution in [1.82, 2.24) is 14.5 Å². The molecule has 5 rings (SSSR count). The van der Waals surface area contributed by atoms with Gasteiger partial charge >= 0.3 is 0 Å². The van der Waals surface area contributed by atoms with E-state index in [1.165, 1.54) is 27.8 Å². The highest BCUT2D eigenvalue weighted by Crippen LogP contribution is 2.33. The summed E-state index contributed by atoms with van der Waals surface area (Å²) in [4.78, 5) is 37.4. The first kappa shape index (κ1) is 21.0. The van der Waals surface area contributed by atoms with Crippen LogP contribution in [-0.2, 0) is 17.8 Å². The molecular formula is C26H22N4O2S. The molecule has 0 N–H and O–H groups in total. The minimum Gasteiger partial charge on any atom is -0.289 e. The fourth-order valence-electron chi connectivity index (χ4n) is 3.86. The van der Waals surface area contributed by atoms with Gasteiger partial charge in [0.05, 0.1) is 33.1 Å². The Morgan fingerprint density at radius 1 is 1.03 bits per heavy atom. The van der Waals surface area contributed by atoms with Gasteiger partial charge < -0.3 is 0 Å². The Morgan fingerprint density at radius 3 is 2.58 bits per heavy atom. The molecule has 5 aromatic rings. The summed E-state index contributed by atoms with van der Waals surface area (Å²) in [5.41, 5.74) is 4.08. The van der Waals surface area contributed by atoms with Crippen molar-refractivity contribution in [3.05, 3.63) is 94.5 Å². The van der Waals surface area contributed by atoms with E-state index >= 15 is 0 Å². The van der Waals surface area contributed by atoms with Crippen molar-refractivity contribution < 1.29 is 4.79 Å². The highest BCUT2D eigenvalue weighted by molar-refractivity contribution is 7.22. The number of amides is 1. The molecule has 2 heterocycles. The molecule has 0 saturated carbocycles. The van der Waals surface area contributed by atoms with Crippen LogP contribution in [0.25, 0.3) is 21.1 Å². The largest absolute Gasteiger partial charge is 0.289 e. The average Bonchev–Trinajstić information content (AvgIpc) is 3.25. The zero-order valence-corrected chi connectivity index (χ0v) is 19.2. The van der Waals surface area contributed by atoms with E-state index in [4.69, 9.17) is 4.98 Å². The Morgan fingerprint density at radius 2 is 1.82 bits per heavy atom. The minimum absolute atomic E-state index is 0.138. The predicted molar refractivity (Wildman–Crippen MR) is 133 cm³/mol. The number of anilines is 2. The molecule has 0 aliphatic heterocycles. The third kappa shape index (κ3) is 3.91. The lowest BCUT2D eigenvalue weighted by Gasteiger charge is -2.21. The number of para-hydroxylation sites is 2. The summed E-state index contributed by atoms with van der Waals surface area (Å²) < 4.78 is 2.36. The van der Waals surface area contributed by atoms with Crippen molar-refractivity contribution in [2.75, 3.05) is 4.90 Å². The van der Waals surface area contributed by atoms with Gasteiger partial charge in [-0.3, -0.25) is 19.1 Å². The number of benzene rings is 3. The summed E-state index contributed by atoms with van der Waals surface area (Å²) in [5, 5.41) is 1.08. The fourth-order valence-corrected chi connectivity index (χ4v) is 4.87. The van der Waals surface area contributed by atoms with Crippen LogP contribution in [0.4, 0.5) is 10.8 Å². The van der Waals surface area contributed by atoms with Gasteiger partial charge in [0.1, 0.15) is 6.54 Å². The number of nitrogens with zero attached hydrogens (tertiary/aromatic N) is 4. The highest BCUT2D eigenvalue weighted by atomic mass is 32.1. The Hall–Kier alpha value is -3.84. The first-order chi connectivity index (χ1) is 16.0. The lowest BCUT2D eigenvalue weighted by Crippen LogP contribution is -2.33. The molecule has 33 heavy (non-hydrogen) atoms. The van der Waals surface area contributed by atoms with Crippen LogP contribution in [-0.4, -0.2) is 20.4 Å². The first-order valence-corrected chi connectivity index (χ1v) is 11.6. The molecule has 0 bridgehead atoms. The lowest BCUT2D eigenvalue weighted by atomic mass is 10.1. The molecule has 164 valence electrons. The molecule has 3 aromatic carbocycles. The van der Waals surface area contributed by atoms with E-state index in [0.29, 0.717) is 21.7 Å². The maximum Gasteiger partial charge on any atom is 0.261 e. The van der Waals surface area contributed by atoms with E-state index in [9.17, 15) is 9.59 Å². The normalized spacial score (nSPS) is 11.2. The van der Waals surface area contributed by atoms with Crippen LogP contribution in [0, 0.1) is 6.92 Å². The molecule has 0 saturated heterocycles. The van der Waals surface area contributed by atoms with Crippen molar-refractivity contribution in [2.45, 2.75) is 26.8 Å². The van der Waals surface area contributed by atoms with Crippen molar-refractivity contribution >= 4 is 49.2 Å².